The molecule has 3 aromatic rings. The normalized spacial score (nSPS) is 12.2. The average molecular weight is 235 g/mol. The minimum atomic E-state index is 0.172. The van der Waals surface area contributed by atoms with Crippen LogP contribution in [0.1, 0.15) is 26.3 Å². The van der Waals surface area contributed by atoms with Gasteiger partial charge in [0.05, 0.1) is 5.52 Å². The lowest BCUT2D eigenvalue weighted by Crippen LogP contribution is -2.10. The third-order valence-corrected chi connectivity index (χ3v) is 3.46. The van der Waals surface area contributed by atoms with Crippen LogP contribution in [0.15, 0.2) is 48.7 Å². The molecule has 0 amide bonds. The Morgan fingerprint density at radius 2 is 1.61 bits per heavy atom. The third kappa shape index (κ3) is 1.76. The maximum Gasteiger partial charge on any atom is 0.0780 e. The van der Waals surface area contributed by atoms with Crippen molar-refractivity contribution in [3.8, 4) is 0 Å². The average Bonchev–Trinajstić information content (AvgIpc) is 2.37. The third-order valence-electron chi connectivity index (χ3n) is 3.46. The summed E-state index contributed by atoms with van der Waals surface area (Å²) in [7, 11) is 0. The summed E-state index contributed by atoms with van der Waals surface area (Å²) in [6.45, 7) is 6.73. The quantitative estimate of drug-likeness (QED) is 0.515. The van der Waals surface area contributed by atoms with E-state index < -0.39 is 0 Å². The smallest absolute Gasteiger partial charge is 0.0780 e. The molecule has 0 saturated heterocycles. The number of rotatable bonds is 0. The molecular formula is C17H17N. The fraction of sp³-hybridized carbons (Fsp3) is 0.235. The van der Waals surface area contributed by atoms with Crippen molar-refractivity contribution < 1.29 is 0 Å². The van der Waals surface area contributed by atoms with Crippen molar-refractivity contribution in [2.75, 3.05) is 0 Å². The highest BCUT2D eigenvalue weighted by atomic mass is 14.6. The molecule has 1 heteroatoms. The van der Waals surface area contributed by atoms with E-state index in [4.69, 9.17) is 0 Å². The lowest BCUT2D eigenvalue weighted by Gasteiger charge is -2.19. The lowest BCUT2D eigenvalue weighted by molar-refractivity contribution is 0.591. The van der Waals surface area contributed by atoms with E-state index in [0.29, 0.717) is 0 Å². The maximum absolute atomic E-state index is 4.53. The Kier molecular flexibility index (Phi) is 2.37. The van der Waals surface area contributed by atoms with Crippen LogP contribution < -0.4 is 0 Å². The topological polar surface area (TPSA) is 12.9 Å². The molecule has 18 heavy (non-hydrogen) atoms. The molecular weight excluding hydrogens is 218 g/mol. The van der Waals surface area contributed by atoms with Gasteiger partial charge in [0.2, 0.25) is 0 Å². The summed E-state index contributed by atoms with van der Waals surface area (Å²) in [5.74, 6) is 0. The summed E-state index contributed by atoms with van der Waals surface area (Å²) >= 11 is 0. The molecule has 1 nitrogen and oxygen atoms in total. The Balaban J connectivity index is 2.40. The Morgan fingerprint density at radius 3 is 2.39 bits per heavy atom. The summed E-state index contributed by atoms with van der Waals surface area (Å²) in [5.41, 5.74) is 2.62. The van der Waals surface area contributed by atoms with E-state index in [1.165, 1.54) is 21.7 Å². The molecule has 0 aliphatic carbocycles. The molecule has 0 radical (unpaired) electrons. The second-order valence-electron chi connectivity index (χ2n) is 5.83. The van der Waals surface area contributed by atoms with Crippen LogP contribution in [0.25, 0.3) is 21.7 Å². The first kappa shape index (κ1) is 11.2. The molecule has 0 atom stereocenters. The number of hydrogen-bond acceptors (Lipinski definition) is 1. The van der Waals surface area contributed by atoms with Crippen LogP contribution in [0.2, 0.25) is 0 Å². The van der Waals surface area contributed by atoms with Crippen LogP contribution in [0.4, 0.5) is 0 Å². The van der Waals surface area contributed by atoms with Crippen molar-refractivity contribution in [1.29, 1.82) is 0 Å². The highest BCUT2D eigenvalue weighted by Crippen LogP contribution is 2.29. The molecule has 0 aliphatic heterocycles. The first-order valence-corrected chi connectivity index (χ1v) is 6.34. The summed E-state index contributed by atoms with van der Waals surface area (Å²) in [6, 6.07) is 15.1. The van der Waals surface area contributed by atoms with Gasteiger partial charge in [0, 0.05) is 17.0 Å². The lowest BCUT2D eigenvalue weighted by atomic mass is 9.85. The Bertz CT molecular complexity index is 720. The van der Waals surface area contributed by atoms with Crippen LogP contribution in [0.3, 0.4) is 0 Å². The standard InChI is InChI=1S/C17H17N/c1-17(2,3)14-9-8-12-6-7-13-5-4-10-18-16(13)15(12)11-14/h4-11H,1-3H3. The monoisotopic (exact) mass is 235 g/mol. The van der Waals surface area contributed by atoms with Crippen LogP contribution in [-0.4, -0.2) is 4.98 Å². The van der Waals surface area contributed by atoms with Crippen LogP contribution in [0.5, 0.6) is 0 Å². The molecule has 0 N–H and O–H groups in total. The van der Waals surface area contributed by atoms with E-state index in [-0.39, 0.29) is 5.41 Å². The molecule has 0 saturated carbocycles. The zero-order valence-corrected chi connectivity index (χ0v) is 11.1. The number of pyridine rings is 1. The SMILES string of the molecule is CC(C)(C)c1ccc2ccc3cccnc3c2c1. The molecule has 0 spiro atoms. The van der Waals surface area contributed by atoms with Gasteiger partial charge < -0.3 is 0 Å². The predicted molar refractivity (Wildman–Crippen MR) is 77.9 cm³/mol. The van der Waals surface area contributed by atoms with Gasteiger partial charge in [-0.15, -0.1) is 0 Å². The largest absolute Gasteiger partial charge is 0.256 e. The van der Waals surface area contributed by atoms with Crippen LogP contribution in [0, 0.1) is 0 Å². The van der Waals surface area contributed by atoms with Crippen molar-refractivity contribution in [3.63, 3.8) is 0 Å². The van der Waals surface area contributed by atoms with Crippen LogP contribution in [-0.2, 0) is 5.41 Å². The molecule has 1 heterocycles. The van der Waals surface area contributed by atoms with Gasteiger partial charge in [-0.1, -0.05) is 51.1 Å². The van der Waals surface area contributed by atoms with Crippen molar-refractivity contribution in [3.05, 3.63) is 54.2 Å². The molecule has 0 aliphatic rings. The molecule has 3 rings (SSSR count). The number of benzene rings is 2. The van der Waals surface area contributed by atoms with Crippen molar-refractivity contribution in [2.45, 2.75) is 26.2 Å². The van der Waals surface area contributed by atoms with Gasteiger partial charge in [-0.05, 0) is 28.5 Å². The number of hydrogen-bond donors (Lipinski definition) is 0. The molecule has 90 valence electrons. The zero-order valence-electron chi connectivity index (χ0n) is 11.1. The second-order valence-corrected chi connectivity index (χ2v) is 5.83. The van der Waals surface area contributed by atoms with Gasteiger partial charge >= 0.3 is 0 Å². The summed E-state index contributed by atoms with van der Waals surface area (Å²) in [5, 5.41) is 3.71. The molecule has 1 aromatic heterocycles. The van der Waals surface area contributed by atoms with E-state index in [0.717, 1.165) is 5.52 Å². The highest BCUT2D eigenvalue weighted by Gasteiger charge is 2.14. The molecule has 2 aromatic carbocycles. The summed E-state index contributed by atoms with van der Waals surface area (Å²) in [4.78, 5) is 4.53. The summed E-state index contributed by atoms with van der Waals surface area (Å²) in [6.07, 6.45) is 1.87. The van der Waals surface area contributed by atoms with Crippen molar-refractivity contribution >= 4 is 21.7 Å². The fourth-order valence-electron chi connectivity index (χ4n) is 2.33. The number of fused-ring (bicyclic) bond motifs is 3. The van der Waals surface area contributed by atoms with Crippen molar-refractivity contribution in [1.82, 2.24) is 4.98 Å². The van der Waals surface area contributed by atoms with E-state index >= 15 is 0 Å². The summed E-state index contributed by atoms with van der Waals surface area (Å²) < 4.78 is 0. The molecule has 0 fully saturated rings. The van der Waals surface area contributed by atoms with Gasteiger partial charge in [-0.2, -0.15) is 0 Å². The fourth-order valence-corrected chi connectivity index (χ4v) is 2.33. The first-order valence-electron chi connectivity index (χ1n) is 6.34. The molecule has 0 bridgehead atoms. The molecule has 0 unspecified atom stereocenters. The zero-order chi connectivity index (χ0) is 12.8. The van der Waals surface area contributed by atoms with Gasteiger partial charge in [0.1, 0.15) is 0 Å². The van der Waals surface area contributed by atoms with Gasteiger partial charge in [-0.3, -0.25) is 4.98 Å². The highest BCUT2D eigenvalue weighted by molar-refractivity contribution is 6.05. The number of nitrogens with zero attached hydrogens (tertiary/aromatic N) is 1. The van der Waals surface area contributed by atoms with Gasteiger partial charge in [0.15, 0.2) is 0 Å². The Hall–Kier alpha value is -1.89. The van der Waals surface area contributed by atoms with E-state index in [2.05, 4.69) is 62.2 Å². The minimum Gasteiger partial charge on any atom is -0.256 e. The second kappa shape index (κ2) is 3.81. The first-order chi connectivity index (χ1) is 8.55. The maximum atomic E-state index is 4.53. The Morgan fingerprint density at radius 1 is 0.889 bits per heavy atom. The van der Waals surface area contributed by atoms with Crippen molar-refractivity contribution in [2.24, 2.45) is 0 Å². The Labute approximate surface area is 107 Å². The van der Waals surface area contributed by atoms with E-state index in [1.54, 1.807) is 0 Å². The predicted octanol–water partition coefficient (Wildman–Crippen LogP) is 4.69. The van der Waals surface area contributed by atoms with E-state index in [9.17, 15) is 0 Å². The van der Waals surface area contributed by atoms with Crippen LogP contribution >= 0.6 is 0 Å². The van der Waals surface area contributed by atoms with Gasteiger partial charge in [-0.25, -0.2) is 0 Å². The minimum absolute atomic E-state index is 0.172. The van der Waals surface area contributed by atoms with Gasteiger partial charge in [0.25, 0.3) is 0 Å². The van der Waals surface area contributed by atoms with E-state index in [1.807, 2.05) is 12.3 Å². The number of aromatic nitrogens is 1.